The van der Waals surface area contributed by atoms with Gasteiger partial charge in [-0.05, 0) is 36.5 Å². The average molecular weight is 367 g/mol. The fourth-order valence-corrected chi connectivity index (χ4v) is 3.45. The lowest BCUT2D eigenvalue weighted by Crippen LogP contribution is -2.30. The Morgan fingerprint density at radius 1 is 1.11 bits per heavy atom. The molecule has 1 saturated heterocycles. The van der Waals surface area contributed by atoms with Crippen molar-refractivity contribution in [2.75, 3.05) is 31.6 Å². The third kappa shape index (κ3) is 4.84. The van der Waals surface area contributed by atoms with E-state index in [-0.39, 0.29) is 18.0 Å². The fourth-order valence-electron chi connectivity index (χ4n) is 3.45. The van der Waals surface area contributed by atoms with Crippen molar-refractivity contribution in [2.24, 2.45) is 0 Å². The van der Waals surface area contributed by atoms with Crippen LogP contribution in [-0.2, 0) is 17.6 Å². The molecular formula is C21H25N3O3. The normalized spacial score (nSPS) is 13.6. The monoisotopic (exact) mass is 367 g/mol. The molecule has 1 aliphatic heterocycles. The molecular weight excluding hydrogens is 342 g/mol. The summed E-state index contributed by atoms with van der Waals surface area (Å²) in [5, 5.41) is 10.7. The Kier molecular flexibility index (Phi) is 6.06. The lowest BCUT2D eigenvalue weighted by Gasteiger charge is -2.23. The summed E-state index contributed by atoms with van der Waals surface area (Å²) >= 11 is 0. The number of nitrogens with zero attached hydrogens (tertiary/aromatic N) is 3. The number of anilines is 1. The third-order valence-corrected chi connectivity index (χ3v) is 5.08. The molecule has 142 valence electrons. The minimum atomic E-state index is -0.435. The van der Waals surface area contributed by atoms with Crippen LogP contribution in [0.4, 0.5) is 11.4 Å². The molecule has 1 aliphatic rings. The van der Waals surface area contributed by atoms with E-state index in [9.17, 15) is 14.9 Å². The SMILES string of the molecule is CN(CCc1ccccc1N1CCCC1)C(=O)Cc1ccc([N+](=O)[O-])cc1. The van der Waals surface area contributed by atoms with Gasteiger partial charge in [-0.25, -0.2) is 0 Å². The summed E-state index contributed by atoms with van der Waals surface area (Å²) in [5.41, 5.74) is 3.38. The predicted octanol–water partition coefficient (Wildman–Crippen LogP) is 3.44. The van der Waals surface area contributed by atoms with Crippen LogP contribution < -0.4 is 4.90 Å². The summed E-state index contributed by atoms with van der Waals surface area (Å²) < 4.78 is 0. The Labute approximate surface area is 159 Å². The number of amides is 1. The molecule has 0 saturated carbocycles. The smallest absolute Gasteiger partial charge is 0.269 e. The molecule has 0 radical (unpaired) electrons. The number of hydrogen-bond acceptors (Lipinski definition) is 4. The van der Waals surface area contributed by atoms with Crippen LogP contribution >= 0.6 is 0 Å². The summed E-state index contributed by atoms with van der Waals surface area (Å²) in [6.07, 6.45) is 3.54. The van der Waals surface area contributed by atoms with E-state index >= 15 is 0 Å². The molecule has 2 aromatic carbocycles. The van der Waals surface area contributed by atoms with E-state index in [4.69, 9.17) is 0 Å². The van der Waals surface area contributed by atoms with Gasteiger partial charge in [0.25, 0.3) is 5.69 Å². The zero-order valence-electron chi connectivity index (χ0n) is 15.6. The van der Waals surface area contributed by atoms with Crippen molar-refractivity contribution in [1.29, 1.82) is 0 Å². The van der Waals surface area contributed by atoms with Gasteiger partial charge in [-0.2, -0.15) is 0 Å². The number of benzene rings is 2. The second kappa shape index (κ2) is 8.66. The highest BCUT2D eigenvalue weighted by molar-refractivity contribution is 5.78. The standard InChI is InChI=1S/C21H25N3O3/c1-22(21(25)16-17-8-10-19(11-9-17)24(26)27)15-12-18-6-2-3-7-20(18)23-13-4-5-14-23/h2-3,6-11H,4-5,12-16H2,1H3. The molecule has 2 aromatic rings. The third-order valence-electron chi connectivity index (χ3n) is 5.08. The second-order valence-corrected chi connectivity index (χ2v) is 6.99. The average Bonchev–Trinajstić information content (AvgIpc) is 3.21. The maximum atomic E-state index is 12.5. The molecule has 0 aromatic heterocycles. The Morgan fingerprint density at radius 3 is 2.44 bits per heavy atom. The number of rotatable bonds is 7. The first kappa shape index (κ1) is 18.9. The van der Waals surface area contributed by atoms with Gasteiger partial charge < -0.3 is 9.80 Å². The van der Waals surface area contributed by atoms with Crippen LogP contribution in [-0.4, -0.2) is 42.4 Å². The van der Waals surface area contributed by atoms with Crippen LogP contribution in [0.5, 0.6) is 0 Å². The summed E-state index contributed by atoms with van der Waals surface area (Å²) in [5.74, 6) is 0.0162. The number of non-ortho nitro benzene ring substituents is 1. The lowest BCUT2D eigenvalue weighted by atomic mass is 10.1. The van der Waals surface area contributed by atoms with Crippen LogP contribution in [0.25, 0.3) is 0 Å². The van der Waals surface area contributed by atoms with Crippen LogP contribution in [0, 0.1) is 10.1 Å². The Morgan fingerprint density at radius 2 is 1.78 bits per heavy atom. The molecule has 3 rings (SSSR count). The van der Waals surface area contributed by atoms with E-state index in [1.54, 1.807) is 17.0 Å². The molecule has 0 atom stereocenters. The lowest BCUT2D eigenvalue weighted by molar-refractivity contribution is -0.384. The maximum Gasteiger partial charge on any atom is 0.269 e. The summed E-state index contributed by atoms with van der Waals surface area (Å²) in [7, 11) is 1.81. The molecule has 27 heavy (non-hydrogen) atoms. The van der Waals surface area contributed by atoms with Gasteiger partial charge in [0.15, 0.2) is 0 Å². The largest absolute Gasteiger partial charge is 0.371 e. The van der Waals surface area contributed by atoms with Crippen molar-refractivity contribution in [3.05, 3.63) is 69.8 Å². The number of para-hydroxylation sites is 1. The van der Waals surface area contributed by atoms with E-state index in [1.807, 2.05) is 13.1 Å². The van der Waals surface area contributed by atoms with E-state index in [0.29, 0.717) is 6.54 Å². The summed E-state index contributed by atoms with van der Waals surface area (Å²) in [6, 6.07) is 14.6. The van der Waals surface area contributed by atoms with Crippen molar-refractivity contribution in [3.8, 4) is 0 Å². The number of likely N-dealkylation sites (N-methyl/N-ethyl adjacent to an activating group) is 1. The Bertz CT molecular complexity index is 799. The number of carbonyl (C=O) groups is 1. The predicted molar refractivity (Wildman–Crippen MR) is 106 cm³/mol. The first-order chi connectivity index (χ1) is 13.0. The van der Waals surface area contributed by atoms with Crippen LogP contribution in [0.3, 0.4) is 0 Å². The first-order valence-electron chi connectivity index (χ1n) is 9.35. The van der Waals surface area contributed by atoms with Gasteiger partial charge in [0, 0.05) is 44.5 Å². The summed E-state index contributed by atoms with van der Waals surface area (Å²) in [4.78, 5) is 26.9. The topological polar surface area (TPSA) is 66.7 Å². The molecule has 1 amide bonds. The van der Waals surface area contributed by atoms with Gasteiger partial charge in [-0.3, -0.25) is 14.9 Å². The number of carbonyl (C=O) groups excluding carboxylic acids is 1. The molecule has 6 nitrogen and oxygen atoms in total. The van der Waals surface area contributed by atoms with Crippen LogP contribution in [0.15, 0.2) is 48.5 Å². The Hall–Kier alpha value is -2.89. The highest BCUT2D eigenvalue weighted by atomic mass is 16.6. The number of hydrogen-bond donors (Lipinski definition) is 0. The molecule has 6 heteroatoms. The van der Waals surface area contributed by atoms with Gasteiger partial charge in [0.2, 0.25) is 5.91 Å². The molecule has 0 N–H and O–H groups in total. The zero-order chi connectivity index (χ0) is 19.2. The molecule has 0 unspecified atom stereocenters. The van der Waals surface area contributed by atoms with Gasteiger partial charge >= 0.3 is 0 Å². The van der Waals surface area contributed by atoms with E-state index in [2.05, 4.69) is 23.1 Å². The minimum absolute atomic E-state index is 0.0162. The van der Waals surface area contributed by atoms with Crippen LogP contribution in [0.1, 0.15) is 24.0 Å². The molecule has 0 spiro atoms. The van der Waals surface area contributed by atoms with Crippen molar-refractivity contribution in [2.45, 2.75) is 25.7 Å². The fraction of sp³-hybridized carbons (Fsp3) is 0.381. The van der Waals surface area contributed by atoms with Crippen LogP contribution in [0.2, 0.25) is 0 Å². The minimum Gasteiger partial charge on any atom is -0.371 e. The highest BCUT2D eigenvalue weighted by Gasteiger charge is 2.16. The molecule has 0 aliphatic carbocycles. The molecule has 1 heterocycles. The van der Waals surface area contributed by atoms with Crippen molar-refractivity contribution < 1.29 is 9.72 Å². The van der Waals surface area contributed by atoms with E-state index in [0.717, 1.165) is 25.1 Å². The number of nitro benzene ring substituents is 1. The van der Waals surface area contributed by atoms with Gasteiger partial charge in [-0.15, -0.1) is 0 Å². The van der Waals surface area contributed by atoms with Gasteiger partial charge in [0.05, 0.1) is 11.3 Å². The van der Waals surface area contributed by atoms with E-state index in [1.165, 1.54) is 36.2 Å². The first-order valence-corrected chi connectivity index (χ1v) is 9.35. The maximum absolute atomic E-state index is 12.5. The molecule has 0 bridgehead atoms. The van der Waals surface area contributed by atoms with Gasteiger partial charge in [-0.1, -0.05) is 30.3 Å². The zero-order valence-corrected chi connectivity index (χ0v) is 15.6. The highest BCUT2D eigenvalue weighted by Crippen LogP contribution is 2.25. The Balaban J connectivity index is 1.56. The van der Waals surface area contributed by atoms with E-state index < -0.39 is 4.92 Å². The number of nitro groups is 1. The van der Waals surface area contributed by atoms with Crippen molar-refractivity contribution in [3.63, 3.8) is 0 Å². The molecule has 1 fully saturated rings. The van der Waals surface area contributed by atoms with Crippen molar-refractivity contribution in [1.82, 2.24) is 4.90 Å². The van der Waals surface area contributed by atoms with Crippen molar-refractivity contribution >= 4 is 17.3 Å². The second-order valence-electron chi connectivity index (χ2n) is 6.99. The summed E-state index contributed by atoms with van der Waals surface area (Å²) in [6.45, 7) is 2.86. The quantitative estimate of drug-likeness (QED) is 0.555. The van der Waals surface area contributed by atoms with Gasteiger partial charge in [0.1, 0.15) is 0 Å².